The lowest BCUT2D eigenvalue weighted by Crippen LogP contribution is -2.37. The summed E-state index contributed by atoms with van der Waals surface area (Å²) >= 11 is 0. The second-order valence-electron chi connectivity index (χ2n) is 6.58. The zero-order valence-electron chi connectivity index (χ0n) is 11.8. The lowest BCUT2D eigenvalue weighted by Gasteiger charge is -2.23. The largest absolute Gasteiger partial charge is 0.355 e. The van der Waals surface area contributed by atoms with Gasteiger partial charge in [0, 0.05) is 19.5 Å². The van der Waals surface area contributed by atoms with Crippen LogP contribution in [0, 0.1) is 11.3 Å². The second-order valence-corrected chi connectivity index (χ2v) is 6.58. The summed E-state index contributed by atoms with van der Waals surface area (Å²) in [4.78, 5) is 12.0. The average molecular weight is 252 g/mol. The van der Waals surface area contributed by atoms with Gasteiger partial charge in [-0.25, -0.2) is 0 Å². The molecule has 2 N–H and O–H groups in total. The van der Waals surface area contributed by atoms with Crippen LogP contribution in [0.15, 0.2) is 0 Å². The van der Waals surface area contributed by atoms with E-state index in [1.54, 1.807) is 0 Å². The standard InChI is InChI=1S/C15H28N2O/c1-15(8-9-16-11-15)12-17-14(18)10-13-6-4-2-3-5-7-13/h13,16H,2-12H2,1H3,(H,17,18). The Hall–Kier alpha value is -0.570. The predicted molar refractivity (Wildman–Crippen MR) is 74.4 cm³/mol. The Bertz CT molecular complexity index is 264. The van der Waals surface area contributed by atoms with Crippen molar-refractivity contribution in [2.75, 3.05) is 19.6 Å². The van der Waals surface area contributed by atoms with Crippen molar-refractivity contribution in [1.29, 1.82) is 0 Å². The minimum absolute atomic E-state index is 0.273. The van der Waals surface area contributed by atoms with Crippen LogP contribution in [0.25, 0.3) is 0 Å². The summed E-state index contributed by atoms with van der Waals surface area (Å²) in [7, 11) is 0. The molecule has 104 valence electrons. The first-order valence-electron chi connectivity index (χ1n) is 7.65. The molecule has 3 nitrogen and oxygen atoms in total. The molecular formula is C15H28N2O. The first kappa shape index (κ1) is 13.9. The van der Waals surface area contributed by atoms with Gasteiger partial charge in [-0.1, -0.05) is 32.6 Å². The highest BCUT2D eigenvalue weighted by Crippen LogP contribution is 2.26. The SMILES string of the molecule is CC1(CNC(=O)CC2CCCCCC2)CCNC1. The minimum atomic E-state index is 0.273. The van der Waals surface area contributed by atoms with Crippen LogP contribution in [0.4, 0.5) is 0 Å². The van der Waals surface area contributed by atoms with Crippen molar-refractivity contribution in [3.63, 3.8) is 0 Å². The molecule has 1 atom stereocenters. The molecule has 1 aliphatic carbocycles. The van der Waals surface area contributed by atoms with Crippen LogP contribution in [0.2, 0.25) is 0 Å². The monoisotopic (exact) mass is 252 g/mol. The topological polar surface area (TPSA) is 41.1 Å². The van der Waals surface area contributed by atoms with Crippen LogP contribution in [0.3, 0.4) is 0 Å². The molecule has 1 saturated carbocycles. The molecule has 1 unspecified atom stereocenters. The van der Waals surface area contributed by atoms with Gasteiger partial charge in [-0.05, 0) is 37.1 Å². The van der Waals surface area contributed by atoms with Gasteiger partial charge in [-0.3, -0.25) is 4.79 Å². The normalized spacial score (nSPS) is 30.1. The summed E-state index contributed by atoms with van der Waals surface area (Å²) in [5.41, 5.74) is 0.277. The summed E-state index contributed by atoms with van der Waals surface area (Å²) < 4.78 is 0. The van der Waals surface area contributed by atoms with Gasteiger partial charge in [0.15, 0.2) is 0 Å². The second kappa shape index (κ2) is 6.55. The van der Waals surface area contributed by atoms with Gasteiger partial charge >= 0.3 is 0 Å². The van der Waals surface area contributed by atoms with Gasteiger partial charge in [0.1, 0.15) is 0 Å². The van der Waals surface area contributed by atoms with Crippen molar-refractivity contribution in [2.24, 2.45) is 11.3 Å². The Labute approximate surface area is 111 Å². The molecule has 0 spiro atoms. The summed E-state index contributed by atoms with van der Waals surface area (Å²) in [5.74, 6) is 0.914. The summed E-state index contributed by atoms with van der Waals surface area (Å²) in [6.07, 6.45) is 9.81. The van der Waals surface area contributed by atoms with Crippen LogP contribution in [-0.4, -0.2) is 25.5 Å². The number of carbonyl (C=O) groups excluding carboxylic acids is 1. The number of amides is 1. The molecule has 1 heterocycles. The van der Waals surface area contributed by atoms with Gasteiger partial charge in [-0.15, -0.1) is 0 Å². The number of carbonyl (C=O) groups is 1. The van der Waals surface area contributed by atoms with E-state index in [0.717, 1.165) is 26.1 Å². The number of hydrogen-bond acceptors (Lipinski definition) is 2. The fourth-order valence-electron chi connectivity index (χ4n) is 3.23. The fourth-order valence-corrected chi connectivity index (χ4v) is 3.23. The third kappa shape index (κ3) is 4.27. The lowest BCUT2D eigenvalue weighted by atomic mass is 9.89. The molecule has 1 aliphatic heterocycles. The smallest absolute Gasteiger partial charge is 0.220 e. The summed E-state index contributed by atoms with van der Waals surface area (Å²) in [6.45, 7) is 5.23. The van der Waals surface area contributed by atoms with Gasteiger partial charge in [0.2, 0.25) is 5.91 Å². The number of nitrogens with one attached hydrogen (secondary N) is 2. The van der Waals surface area contributed by atoms with Crippen LogP contribution < -0.4 is 10.6 Å². The maximum atomic E-state index is 12.0. The van der Waals surface area contributed by atoms with Crippen molar-refractivity contribution < 1.29 is 4.79 Å². The Morgan fingerprint density at radius 3 is 2.61 bits per heavy atom. The van der Waals surface area contributed by atoms with Gasteiger partial charge in [0.25, 0.3) is 0 Å². The molecule has 2 rings (SSSR count). The zero-order chi connectivity index (χ0) is 12.8. The van der Waals surface area contributed by atoms with E-state index in [2.05, 4.69) is 17.6 Å². The Morgan fingerprint density at radius 2 is 2.00 bits per heavy atom. The van der Waals surface area contributed by atoms with E-state index in [9.17, 15) is 4.79 Å². The van der Waals surface area contributed by atoms with Crippen LogP contribution >= 0.6 is 0 Å². The van der Waals surface area contributed by atoms with E-state index in [4.69, 9.17) is 0 Å². The zero-order valence-corrected chi connectivity index (χ0v) is 11.8. The van der Waals surface area contributed by atoms with Gasteiger partial charge in [0.05, 0.1) is 0 Å². The molecule has 0 bridgehead atoms. The molecule has 18 heavy (non-hydrogen) atoms. The van der Waals surface area contributed by atoms with Gasteiger partial charge < -0.3 is 10.6 Å². The first-order chi connectivity index (χ1) is 8.68. The maximum Gasteiger partial charge on any atom is 0.220 e. The van der Waals surface area contributed by atoms with Crippen molar-refractivity contribution >= 4 is 5.91 Å². The quantitative estimate of drug-likeness (QED) is 0.755. The number of hydrogen-bond donors (Lipinski definition) is 2. The molecule has 2 fully saturated rings. The van der Waals surface area contributed by atoms with Crippen molar-refractivity contribution in [3.05, 3.63) is 0 Å². The minimum Gasteiger partial charge on any atom is -0.355 e. The molecule has 3 heteroatoms. The first-order valence-corrected chi connectivity index (χ1v) is 7.65. The van der Waals surface area contributed by atoms with E-state index in [-0.39, 0.29) is 11.3 Å². The van der Waals surface area contributed by atoms with Gasteiger partial charge in [-0.2, -0.15) is 0 Å². The molecule has 0 aromatic heterocycles. The predicted octanol–water partition coefficient (Wildman–Crippen LogP) is 2.46. The summed E-state index contributed by atoms with van der Waals surface area (Å²) in [6, 6.07) is 0. The average Bonchev–Trinajstić information content (AvgIpc) is 2.62. The third-order valence-corrected chi connectivity index (χ3v) is 4.62. The Kier molecular flexibility index (Phi) is 5.04. The molecule has 1 saturated heterocycles. The third-order valence-electron chi connectivity index (χ3n) is 4.62. The van der Waals surface area contributed by atoms with E-state index in [1.165, 1.54) is 44.9 Å². The van der Waals surface area contributed by atoms with E-state index >= 15 is 0 Å². The van der Waals surface area contributed by atoms with E-state index in [0.29, 0.717) is 5.92 Å². The highest BCUT2D eigenvalue weighted by molar-refractivity contribution is 5.76. The molecular weight excluding hydrogens is 224 g/mol. The van der Waals surface area contributed by atoms with Crippen LogP contribution in [0.1, 0.15) is 58.3 Å². The van der Waals surface area contributed by atoms with E-state index in [1.807, 2.05) is 0 Å². The van der Waals surface area contributed by atoms with Crippen molar-refractivity contribution in [2.45, 2.75) is 58.3 Å². The van der Waals surface area contributed by atoms with Crippen molar-refractivity contribution in [3.8, 4) is 0 Å². The Morgan fingerprint density at radius 1 is 1.28 bits per heavy atom. The molecule has 1 amide bonds. The summed E-state index contributed by atoms with van der Waals surface area (Å²) in [5, 5.41) is 6.53. The Balaban J connectivity index is 1.67. The van der Waals surface area contributed by atoms with Crippen LogP contribution in [-0.2, 0) is 4.79 Å². The van der Waals surface area contributed by atoms with Crippen LogP contribution in [0.5, 0.6) is 0 Å². The fraction of sp³-hybridized carbons (Fsp3) is 0.933. The van der Waals surface area contributed by atoms with Crippen molar-refractivity contribution in [1.82, 2.24) is 10.6 Å². The van der Waals surface area contributed by atoms with E-state index < -0.39 is 0 Å². The lowest BCUT2D eigenvalue weighted by molar-refractivity contribution is -0.122. The molecule has 0 aromatic rings. The molecule has 0 radical (unpaired) electrons. The molecule has 0 aromatic carbocycles. The maximum absolute atomic E-state index is 12.0. The highest BCUT2D eigenvalue weighted by atomic mass is 16.1. The highest BCUT2D eigenvalue weighted by Gasteiger charge is 2.29. The number of rotatable bonds is 4. The molecule has 2 aliphatic rings.